The van der Waals surface area contributed by atoms with E-state index in [0.29, 0.717) is 40.3 Å². The van der Waals surface area contributed by atoms with Crippen LogP contribution in [-0.2, 0) is 7.05 Å². The first-order valence-electron chi connectivity index (χ1n) is 10.5. The summed E-state index contributed by atoms with van der Waals surface area (Å²) in [6.45, 7) is 1.92. The largest absolute Gasteiger partial charge is 0.456 e. The van der Waals surface area contributed by atoms with E-state index in [2.05, 4.69) is 10.3 Å². The van der Waals surface area contributed by atoms with Crippen LogP contribution in [0.15, 0.2) is 36.5 Å². The van der Waals surface area contributed by atoms with Crippen LogP contribution in [0.4, 0.5) is 0 Å². The maximum Gasteiger partial charge on any atom is 0.253 e. The van der Waals surface area contributed by atoms with Gasteiger partial charge in [-0.3, -0.25) is 14.6 Å². The molecule has 3 aromatic heterocycles. The number of Topliss-reactive ketones (excluding diaryl/α,β-unsaturated/α-hetero) is 1. The molecule has 164 valence electrons. The lowest BCUT2D eigenvalue weighted by atomic mass is 9.79. The number of benzene rings is 1. The van der Waals surface area contributed by atoms with E-state index in [0.717, 1.165) is 21.3 Å². The Kier molecular flexibility index (Phi) is 4.98. The minimum absolute atomic E-state index is 0.0617. The number of rotatable bonds is 5. The van der Waals surface area contributed by atoms with Crippen molar-refractivity contribution < 1.29 is 19.4 Å². The molecular formula is C24H23N3O4S. The summed E-state index contributed by atoms with van der Waals surface area (Å²) < 4.78 is 8.99. The first-order valence-corrected chi connectivity index (χ1v) is 11.3. The zero-order valence-electron chi connectivity index (χ0n) is 18.0. The lowest BCUT2D eigenvalue weighted by Gasteiger charge is -2.29. The number of aromatic nitrogens is 2. The molecule has 0 radical (unpaired) electrons. The number of aliphatic hydroxyl groups excluding tert-OH is 1. The second kappa shape index (κ2) is 7.72. The highest BCUT2D eigenvalue weighted by atomic mass is 32.1. The summed E-state index contributed by atoms with van der Waals surface area (Å²) in [5.41, 5.74) is 3.15. The molecule has 8 heteroatoms. The highest BCUT2D eigenvalue weighted by Gasteiger charge is 2.34. The third-order valence-corrected chi connectivity index (χ3v) is 7.40. The Hall–Kier alpha value is -3.23. The van der Waals surface area contributed by atoms with Crippen molar-refractivity contribution in [2.24, 2.45) is 13.0 Å². The summed E-state index contributed by atoms with van der Waals surface area (Å²) in [5.74, 6) is 1.10. The van der Waals surface area contributed by atoms with Gasteiger partial charge in [-0.1, -0.05) is 0 Å². The molecule has 1 aliphatic carbocycles. The fourth-order valence-electron chi connectivity index (χ4n) is 4.27. The normalized spacial score (nSPS) is 18.0. The summed E-state index contributed by atoms with van der Waals surface area (Å²) in [5, 5.41) is 13.1. The summed E-state index contributed by atoms with van der Waals surface area (Å²) in [4.78, 5) is 30.1. The number of carbonyl (C=O) groups is 2. The molecule has 0 bridgehead atoms. The topological polar surface area (TPSA) is 93.5 Å². The number of amides is 1. The molecule has 1 fully saturated rings. The first-order chi connectivity index (χ1) is 15.4. The molecule has 0 aliphatic heterocycles. The summed E-state index contributed by atoms with van der Waals surface area (Å²) >= 11 is 1.37. The zero-order valence-corrected chi connectivity index (χ0v) is 18.8. The monoisotopic (exact) mass is 449 g/mol. The maximum atomic E-state index is 12.7. The van der Waals surface area contributed by atoms with Gasteiger partial charge in [0.15, 0.2) is 5.78 Å². The Bertz CT molecular complexity index is 1380. The number of ether oxygens (including phenoxy) is 1. The standard InChI is InChI=1S/C24H23N3O4S/c1-12-21(24(30)25-2)16-5-4-15(10-18(16)27(12)3)31-19-6-7-26-17-11-20(32-23(17)19)22(29)13-8-14(28)9-13/h4-7,10-11,13-14,28H,8-9H2,1-3H3,(H,25,30). The number of aliphatic hydroxyl groups is 1. The second-order valence-electron chi connectivity index (χ2n) is 8.20. The quantitative estimate of drug-likeness (QED) is 0.446. The molecular weight excluding hydrogens is 426 g/mol. The smallest absolute Gasteiger partial charge is 0.253 e. The van der Waals surface area contributed by atoms with Gasteiger partial charge in [-0.15, -0.1) is 11.3 Å². The first kappa shape index (κ1) is 20.7. The van der Waals surface area contributed by atoms with E-state index < -0.39 is 0 Å². The van der Waals surface area contributed by atoms with Crippen LogP contribution >= 0.6 is 11.3 Å². The summed E-state index contributed by atoms with van der Waals surface area (Å²) in [6, 6.07) is 9.24. The Morgan fingerprint density at radius 3 is 2.75 bits per heavy atom. The van der Waals surface area contributed by atoms with Gasteiger partial charge < -0.3 is 19.7 Å². The number of nitrogens with zero attached hydrogens (tertiary/aromatic N) is 2. The molecule has 4 aromatic rings. The number of aryl methyl sites for hydroxylation is 1. The van der Waals surface area contributed by atoms with E-state index >= 15 is 0 Å². The number of nitrogens with one attached hydrogen (secondary N) is 1. The van der Waals surface area contributed by atoms with Crippen molar-refractivity contribution in [3.63, 3.8) is 0 Å². The van der Waals surface area contributed by atoms with Crippen LogP contribution in [0, 0.1) is 12.8 Å². The Morgan fingerprint density at radius 2 is 2.03 bits per heavy atom. The highest BCUT2D eigenvalue weighted by Crippen LogP contribution is 2.39. The molecule has 1 saturated carbocycles. The van der Waals surface area contributed by atoms with Crippen molar-refractivity contribution in [3.8, 4) is 11.5 Å². The van der Waals surface area contributed by atoms with E-state index in [1.54, 1.807) is 25.4 Å². The zero-order chi connectivity index (χ0) is 22.6. The van der Waals surface area contributed by atoms with Gasteiger partial charge in [-0.25, -0.2) is 0 Å². The Balaban J connectivity index is 1.49. The average molecular weight is 450 g/mol. The van der Waals surface area contributed by atoms with Crippen molar-refractivity contribution in [1.82, 2.24) is 14.9 Å². The molecule has 32 heavy (non-hydrogen) atoms. The van der Waals surface area contributed by atoms with Crippen LogP contribution in [0.25, 0.3) is 21.1 Å². The van der Waals surface area contributed by atoms with Gasteiger partial charge in [-0.2, -0.15) is 0 Å². The fourth-order valence-corrected chi connectivity index (χ4v) is 5.35. The van der Waals surface area contributed by atoms with Crippen molar-refractivity contribution in [2.45, 2.75) is 25.9 Å². The number of pyridine rings is 1. The van der Waals surface area contributed by atoms with Gasteiger partial charge in [0.1, 0.15) is 11.5 Å². The predicted octanol–water partition coefficient (Wildman–Crippen LogP) is 4.20. The van der Waals surface area contributed by atoms with Crippen molar-refractivity contribution >= 4 is 44.1 Å². The third kappa shape index (κ3) is 3.27. The number of ketones is 1. The molecule has 3 heterocycles. The second-order valence-corrected chi connectivity index (χ2v) is 9.25. The van der Waals surface area contributed by atoms with E-state index in [1.165, 1.54) is 11.3 Å². The number of carbonyl (C=O) groups excluding carboxylic acids is 2. The average Bonchev–Trinajstić information content (AvgIpc) is 3.31. The highest BCUT2D eigenvalue weighted by molar-refractivity contribution is 7.21. The van der Waals surface area contributed by atoms with E-state index in [1.807, 2.05) is 36.7 Å². The van der Waals surface area contributed by atoms with Crippen LogP contribution in [-0.4, -0.2) is 39.5 Å². The van der Waals surface area contributed by atoms with Gasteiger partial charge in [0.05, 0.1) is 32.3 Å². The van der Waals surface area contributed by atoms with Crippen LogP contribution in [0.1, 0.15) is 38.6 Å². The Morgan fingerprint density at radius 1 is 1.25 bits per heavy atom. The summed E-state index contributed by atoms with van der Waals surface area (Å²) in [6.07, 6.45) is 2.35. The molecule has 0 saturated heterocycles. The minimum Gasteiger partial charge on any atom is -0.456 e. The number of thiophene rings is 1. The summed E-state index contributed by atoms with van der Waals surface area (Å²) in [7, 11) is 3.55. The van der Waals surface area contributed by atoms with Crippen molar-refractivity contribution in [2.75, 3.05) is 7.05 Å². The molecule has 7 nitrogen and oxygen atoms in total. The van der Waals surface area contributed by atoms with Gasteiger partial charge in [-0.05, 0) is 38.0 Å². The number of hydrogen-bond donors (Lipinski definition) is 2. The third-order valence-electron chi connectivity index (χ3n) is 6.25. The maximum absolute atomic E-state index is 12.7. The van der Waals surface area contributed by atoms with Gasteiger partial charge in [0.25, 0.3) is 5.91 Å². The number of fused-ring (bicyclic) bond motifs is 2. The van der Waals surface area contributed by atoms with E-state index in [-0.39, 0.29) is 23.7 Å². The molecule has 0 atom stereocenters. The van der Waals surface area contributed by atoms with E-state index in [9.17, 15) is 14.7 Å². The molecule has 1 aliphatic rings. The lowest BCUT2D eigenvalue weighted by Crippen LogP contribution is -2.33. The van der Waals surface area contributed by atoms with Gasteiger partial charge in [0.2, 0.25) is 0 Å². The van der Waals surface area contributed by atoms with Crippen LogP contribution in [0.5, 0.6) is 11.5 Å². The molecule has 1 amide bonds. The van der Waals surface area contributed by atoms with E-state index in [4.69, 9.17) is 4.74 Å². The Labute approximate surface area is 188 Å². The number of hydrogen-bond acceptors (Lipinski definition) is 6. The van der Waals surface area contributed by atoms with Crippen LogP contribution < -0.4 is 10.1 Å². The fraction of sp³-hybridized carbons (Fsp3) is 0.292. The molecule has 5 rings (SSSR count). The molecule has 0 spiro atoms. The minimum atomic E-state index is -0.365. The van der Waals surface area contributed by atoms with Gasteiger partial charge >= 0.3 is 0 Å². The van der Waals surface area contributed by atoms with Crippen molar-refractivity contribution in [1.29, 1.82) is 0 Å². The SMILES string of the molecule is CNC(=O)c1c(C)n(C)c2cc(Oc3ccnc4cc(C(=O)C5CC(O)C5)sc34)ccc12. The molecule has 0 unspecified atom stereocenters. The van der Waals surface area contributed by atoms with Crippen molar-refractivity contribution in [3.05, 3.63) is 52.7 Å². The molecule has 2 N–H and O–H groups in total. The van der Waals surface area contributed by atoms with Crippen LogP contribution in [0.2, 0.25) is 0 Å². The predicted molar refractivity (Wildman–Crippen MR) is 124 cm³/mol. The van der Waals surface area contributed by atoms with Gasteiger partial charge in [0, 0.05) is 49.4 Å². The van der Waals surface area contributed by atoms with Crippen LogP contribution in [0.3, 0.4) is 0 Å². The lowest BCUT2D eigenvalue weighted by molar-refractivity contribution is 0.0371. The molecule has 1 aromatic carbocycles.